The highest BCUT2D eigenvalue weighted by molar-refractivity contribution is 7.99. The maximum absolute atomic E-state index is 11.6. The van der Waals surface area contributed by atoms with E-state index in [9.17, 15) is 9.90 Å². The van der Waals surface area contributed by atoms with Crippen molar-refractivity contribution in [3.05, 3.63) is 16.8 Å². The normalized spacial score (nSPS) is 12.2. The number of carboxylic acids is 1. The summed E-state index contributed by atoms with van der Waals surface area (Å²) in [5, 5.41) is 21.0. The molecule has 1 atom stereocenters. The lowest BCUT2D eigenvalue weighted by atomic mass is 10.0. The van der Waals surface area contributed by atoms with Gasteiger partial charge in [-0.1, -0.05) is 20.8 Å². The molecular formula is C15H25N3O2S. The van der Waals surface area contributed by atoms with Crippen LogP contribution in [0.4, 0.5) is 5.82 Å². The number of hydrogen-bond donors (Lipinski definition) is 2. The Morgan fingerprint density at radius 2 is 2.00 bits per heavy atom. The Hall–Kier alpha value is -1.30. The Labute approximate surface area is 130 Å². The van der Waals surface area contributed by atoms with Crippen LogP contribution in [0.5, 0.6) is 0 Å². The van der Waals surface area contributed by atoms with E-state index in [0.717, 1.165) is 29.2 Å². The molecule has 0 amide bonds. The molecule has 1 unspecified atom stereocenters. The van der Waals surface area contributed by atoms with Gasteiger partial charge in [-0.05, 0) is 43.3 Å². The molecule has 118 valence electrons. The van der Waals surface area contributed by atoms with E-state index in [4.69, 9.17) is 0 Å². The quantitative estimate of drug-likeness (QED) is 0.682. The van der Waals surface area contributed by atoms with Gasteiger partial charge < -0.3 is 10.4 Å². The molecule has 1 heterocycles. The van der Waals surface area contributed by atoms with Crippen molar-refractivity contribution in [3.63, 3.8) is 0 Å². The van der Waals surface area contributed by atoms with Crippen LogP contribution in [-0.2, 0) is 12.8 Å². The third-order valence-corrected chi connectivity index (χ3v) is 4.28. The second kappa shape index (κ2) is 8.87. The first-order valence-corrected chi connectivity index (χ1v) is 8.66. The molecule has 1 aromatic rings. The number of aryl methyl sites for hydroxylation is 1. The third kappa shape index (κ3) is 4.88. The molecule has 0 bridgehead atoms. The molecule has 0 saturated carbocycles. The number of rotatable bonds is 9. The Morgan fingerprint density at radius 3 is 2.52 bits per heavy atom. The summed E-state index contributed by atoms with van der Waals surface area (Å²) in [5.41, 5.74) is 1.84. The number of aromatic nitrogens is 2. The third-order valence-electron chi connectivity index (χ3n) is 3.34. The fraction of sp³-hybridized carbons (Fsp3) is 0.667. The molecular weight excluding hydrogens is 286 g/mol. The van der Waals surface area contributed by atoms with Crippen molar-refractivity contribution in [1.29, 1.82) is 0 Å². The molecule has 0 aliphatic carbocycles. The maximum Gasteiger partial charge on any atom is 0.339 e. The summed E-state index contributed by atoms with van der Waals surface area (Å²) in [6.07, 6.45) is 2.31. The van der Waals surface area contributed by atoms with Crippen molar-refractivity contribution >= 4 is 23.5 Å². The zero-order valence-corrected chi connectivity index (χ0v) is 14.1. The summed E-state index contributed by atoms with van der Waals surface area (Å²) >= 11 is 1.88. The van der Waals surface area contributed by atoms with Crippen LogP contribution in [-0.4, -0.2) is 38.8 Å². The molecule has 0 saturated heterocycles. The lowest BCUT2D eigenvalue weighted by Gasteiger charge is -2.18. The molecule has 2 N–H and O–H groups in total. The van der Waals surface area contributed by atoms with Gasteiger partial charge in [-0.2, -0.15) is 16.9 Å². The maximum atomic E-state index is 11.6. The zero-order valence-electron chi connectivity index (χ0n) is 13.3. The number of thioether (sulfide) groups is 1. The van der Waals surface area contributed by atoms with Gasteiger partial charge in [0.15, 0.2) is 5.82 Å². The van der Waals surface area contributed by atoms with Crippen molar-refractivity contribution in [2.24, 2.45) is 0 Å². The Bertz CT molecular complexity index is 480. The largest absolute Gasteiger partial charge is 0.478 e. The summed E-state index contributed by atoms with van der Waals surface area (Å²) in [6.45, 7) is 8.09. The van der Waals surface area contributed by atoms with Gasteiger partial charge in [0.25, 0.3) is 0 Å². The number of carboxylic acid groups (broad SMARTS) is 1. The highest BCUT2D eigenvalue weighted by atomic mass is 32.2. The van der Waals surface area contributed by atoms with Gasteiger partial charge in [0.05, 0.1) is 5.69 Å². The second-order valence-corrected chi connectivity index (χ2v) is 6.29. The molecule has 0 spiro atoms. The molecule has 21 heavy (non-hydrogen) atoms. The molecule has 0 aliphatic heterocycles. The number of carbonyl (C=O) groups is 1. The number of nitrogens with one attached hydrogen (secondary N) is 1. The number of nitrogens with zero attached hydrogens (tertiary/aromatic N) is 2. The van der Waals surface area contributed by atoms with Crippen LogP contribution in [0.2, 0.25) is 0 Å². The summed E-state index contributed by atoms with van der Waals surface area (Å²) in [6, 6.07) is 0.175. The van der Waals surface area contributed by atoms with Gasteiger partial charge in [0, 0.05) is 6.04 Å². The minimum Gasteiger partial charge on any atom is -0.478 e. The van der Waals surface area contributed by atoms with Crippen molar-refractivity contribution < 1.29 is 9.90 Å². The van der Waals surface area contributed by atoms with E-state index in [1.54, 1.807) is 0 Å². The molecule has 0 fully saturated rings. The molecule has 1 rings (SSSR count). The van der Waals surface area contributed by atoms with Gasteiger partial charge in [0.1, 0.15) is 5.56 Å². The first kappa shape index (κ1) is 17.8. The van der Waals surface area contributed by atoms with E-state index in [0.29, 0.717) is 18.7 Å². The van der Waals surface area contributed by atoms with Crippen LogP contribution in [0, 0.1) is 0 Å². The van der Waals surface area contributed by atoms with E-state index in [1.165, 1.54) is 0 Å². The topological polar surface area (TPSA) is 75.1 Å². The second-order valence-electron chi connectivity index (χ2n) is 4.89. The molecule has 5 nitrogen and oxygen atoms in total. The lowest BCUT2D eigenvalue weighted by molar-refractivity contribution is 0.0696. The Morgan fingerprint density at radius 1 is 1.29 bits per heavy atom. The number of anilines is 1. The van der Waals surface area contributed by atoms with E-state index in [-0.39, 0.29) is 11.6 Å². The number of hydrogen-bond acceptors (Lipinski definition) is 5. The van der Waals surface area contributed by atoms with Crippen LogP contribution in [0.25, 0.3) is 0 Å². The van der Waals surface area contributed by atoms with Crippen molar-refractivity contribution in [3.8, 4) is 0 Å². The SMILES string of the molecule is CCSCCC(C)Nc1nnc(CC)c(CC)c1C(=O)O. The summed E-state index contributed by atoms with van der Waals surface area (Å²) in [7, 11) is 0. The predicted octanol–water partition coefficient (Wildman–Crippen LogP) is 3.24. The zero-order chi connectivity index (χ0) is 15.8. The minimum absolute atomic E-state index is 0.175. The van der Waals surface area contributed by atoms with Crippen molar-refractivity contribution in [2.75, 3.05) is 16.8 Å². The average molecular weight is 311 g/mol. The van der Waals surface area contributed by atoms with E-state index >= 15 is 0 Å². The van der Waals surface area contributed by atoms with E-state index in [2.05, 4.69) is 22.4 Å². The summed E-state index contributed by atoms with van der Waals surface area (Å²) in [5.74, 6) is 1.60. The average Bonchev–Trinajstić information content (AvgIpc) is 2.46. The first-order chi connectivity index (χ1) is 10.0. The molecule has 6 heteroatoms. The smallest absolute Gasteiger partial charge is 0.339 e. The fourth-order valence-corrected chi connectivity index (χ4v) is 3.02. The van der Waals surface area contributed by atoms with Crippen LogP contribution in [0.3, 0.4) is 0 Å². The summed E-state index contributed by atoms with van der Waals surface area (Å²) in [4.78, 5) is 11.6. The van der Waals surface area contributed by atoms with Gasteiger partial charge in [0.2, 0.25) is 0 Å². The molecule has 0 aromatic carbocycles. The predicted molar refractivity (Wildman–Crippen MR) is 88.4 cm³/mol. The lowest BCUT2D eigenvalue weighted by Crippen LogP contribution is -2.21. The van der Waals surface area contributed by atoms with Crippen molar-refractivity contribution in [1.82, 2.24) is 10.2 Å². The van der Waals surface area contributed by atoms with E-state index in [1.807, 2.05) is 32.5 Å². The van der Waals surface area contributed by atoms with Crippen LogP contribution in [0.15, 0.2) is 0 Å². The van der Waals surface area contributed by atoms with Gasteiger partial charge in [-0.25, -0.2) is 4.79 Å². The van der Waals surface area contributed by atoms with Crippen LogP contribution in [0.1, 0.15) is 55.7 Å². The van der Waals surface area contributed by atoms with Gasteiger partial charge >= 0.3 is 5.97 Å². The highest BCUT2D eigenvalue weighted by Crippen LogP contribution is 2.22. The molecule has 0 aliphatic rings. The molecule has 1 aromatic heterocycles. The molecule has 0 radical (unpaired) electrons. The van der Waals surface area contributed by atoms with Gasteiger partial charge in [-0.3, -0.25) is 0 Å². The Balaban J connectivity index is 2.98. The Kier molecular flexibility index (Phi) is 7.50. The summed E-state index contributed by atoms with van der Waals surface area (Å²) < 4.78 is 0. The minimum atomic E-state index is -0.936. The van der Waals surface area contributed by atoms with E-state index < -0.39 is 5.97 Å². The van der Waals surface area contributed by atoms with Crippen LogP contribution < -0.4 is 5.32 Å². The van der Waals surface area contributed by atoms with Crippen molar-refractivity contribution in [2.45, 2.75) is 53.0 Å². The monoisotopic (exact) mass is 311 g/mol. The van der Waals surface area contributed by atoms with Crippen LogP contribution >= 0.6 is 11.8 Å². The fourth-order valence-electron chi connectivity index (χ4n) is 2.21. The van der Waals surface area contributed by atoms with Gasteiger partial charge in [-0.15, -0.1) is 5.10 Å². The highest BCUT2D eigenvalue weighted by Gasteiger charge is 2.21. The number of aromatic carboxylic acids is 1. The first-order valence-electron chi connectivity index (χ1n) is 7.50. The standard InChI is InChI=1S/C15H25N3O2S/c1-5-11-12(6-2)17-18-14(13(11)15(19)20)16-10(4)8-9-21-7-3/h10H,5-9H2,1-4H3,(H,16,18)(H,19,20).